The molecule has 54 heavy (non-hydrogen) atoms. The van der Waals surface area contributed by atoms with Crippen LogP contribution in [0.4, 0.5) is 0 Å². The lowest BCUT2D eigenvalue weighted by atomic mass is 10.0. The summed E-state index contributed by atoms with van der Waals surface area (Å²) < 4.78 is 11.5. The molecule has 0 bridgehead atoms. The molecule has 0 saturated carbocycles. The molecule has 6 heteroatoms. The summed E-state index contributed by atoms with van der Waals surface area (Å²) in [6.07, 6.45) is 41.8. The van der Waals surface area contributed by atoms with Crippen molar-refractivity contribution in [2.75, 3.05) is 13.2 Å². The van der Waals surface area contributed by atoms with Crippen molar-refractivity contribution in [3.63, 3.8) is 0 Å². The van der Waals surface area contributed by atoms with Gasteiger partial charge < -0.3 is 29.7 Å². The molecule has 0 spiro atoms. The third kappa shape index (κ3) is 19.9. The number of phenolic OH excluding ortho intramolecular Hbond substituents is 2. The van der Waals surface area contributed by atoms with Crippen molar-refractivity contribution in [3.05, 3.63) is 48.8 Å². The number of hydrogen-bond acceptors (Lipinski definition) is 4. The Morgan fingerprint density at radius 3 is 1.11 bits per heavy atom. The zero-order chi connectivity index (χ0) is 38.3. The molecule has 4 aromatic rings. The standard InChI is InChI=1S/2C24H39NO2/c1-2-3-4-5-6-7-8-9-10-11-12-13-14-15-18-27-24-19-21-16-17-25-22(21)20-23(24)26;1-2-3-4-5-6-7-8-9-10-11-12-13-14-15-18-27-24-20-22-21(16-17-25-22)19-23(24)26/h2*16-17,19-20,25-26H,2-15,18H2,1H3. The van der Waals surface area contributed by atoms with Crippen molar-refractivity contribution >= 4 is 21.8 Å². The lowest BCUT2D eigenvalue weighted by Crippen LogP contribution is -1.97. The predicted molar refractivity (Wildman–Crippen MR) is 232 cm³/mol. The minimum atomic E-state index is 0.218. The van der Waals surface area contributed by atoms with E-state index in [1.165, 1.54) is 167 Å². The van der Waals surface area contributed by atoms with Crippen LogP contribution < -0.4 is 9.47 Å². The maximum absolute atomic E-state index is 10.0. The zero-order valence-corrected chi connectivity index (χ0v) is 34.5. The van der Waals surface area contributed by atoms with Gasteiger partial charge in [0.25, 0.3) is 0 Å². The van der Waals surface area contributed by atoms with E-state index < -0.39 is 0 Å². The maximum Gasteiger partial charge on any atom is 0.163 e. The van der Waals surface area contributed by atoms with Crippen LogP contribution in [0, 0.1) is 0 Å². The van der Waals surface area contributed by atoms with Gasteiger partial charge in [0.1, 0.15) is 0 Å². The molecule has 2 aromatic heterocycles. The highest BCUT2D eigenvalue weighted by atomic mass is 16.5. The second-order valence-electron chi connectivity index (χ2n) is 15.7. The van der Waals surface area contributed by atoms with Crippen molar-refractivity contribution in [1.29, 1.82) is 0 Å². The Hall–Kier alpha value is -3.28. The van der Waals surface area contributed by atoms with Crippen molar-refractivity contribution in [2.24, 2.45) is 0 Å². The first-order valence-electron chi connectivity index (χ1n) is 22.5. The summed E-state index contributed by atoms with van der Waals surface area (Å²) in [6, 6.07) is 11.2. The van der Waals surface area contributed by atoms with Gasteiger partial charge in [0, 0.05) is 46.3 Å². The normalized spacial score (nSPS) is 11.3. The highest BCUT2D eigenvalue weighted by Crippen LogP contribution is 2.32. The Kier molecular flexibility index (Phi) is 25.1. The minimum Gasteiger partial charge on any atom is -0.504 e. The van der Waals surface area contributed by atoms with Crippen molar-refractivity contribution in [1.82, 2.24) is 9.97 Å². The highest BCUT2D eigenvalue weighted by Gasteiger charge is 2.07. The van der Waals surface area contributed by atoms with Crippen LogP contribution in [-0.2, 0) is 0 Å². The van der Waals surface area contributed by atoms with Gasteiger partial charge in [0.15, 0.2) is 23.0 Å². The fraction of sp³-hybridized carbons (Fsp3) is 0.667. The van der Waals surface area contributed by atoms with Crippen molar-refractivity contribution in [2.45, 2.75) is 194 Å². The molecule has 0 unspecified atom stereocenters. The fourth-order valence-corrected chi connectivity index (χ4v) is 7.33. The number of phenols is 2. The van der Waals surface area contributed by atoms with Crippen molar-refractivity contribution in [3.8, 4) is 23.0 Å². The van der Waals surface area contributed by atoms with Crippen LogP contribution in [0.1, 0.15) is 194 Å². The number of H-pyrrole nitrogens is 2. The summed E-state index contributed by atoms with van der Waals surface area (Å²) in [6.45, 7) is 5.92. The summed E-state index contributed by atoms with van der Waals surface area (Å²) in [5, 5.41) is 22.1. The molecule has 0 amide bonds. The van der Waals surface area contributed by atoms with Crippen LogP contribution in [-0.4, -0.2) is 33.4 Å². The van der Waals surface area contributed by atoms with Gasteiger partial charge in [-0.3, -0.25) is 0 Å². The number of rotatable bonds is 32. The van der Waals surface area contributed by atoms with Gasteiger partial charge in [-0.15, -0.1) is 0 Å². The minimum absolute atomic E-state index is 0.218. The second kappa shape index (κ2) is 30.0. The summed E-state index contributed by atoms with van der Waals surface area (Å²) in [4.78, 5) is 6.24. The summed E-state index contributed by atoms with van der Waals surface area (Å²) in [7, 11) is 0. The molecule has 2 heterocycles. The van der Waals surface area contributed by atoms with E-state index in [-0.39, 0.29) is 11.5 Å². The van der Waals surface area contributed by atoms with Crippen LogP contribution in [0.15, 0.2) is 48.8 Å². The largest absolute Gasteiger partial charge is 0.504 e. The van der Waals surface area contributed by atoms with E-state index >= 15 is 0 Å². The van der Waals surface area contributed by atoms with Crippen molar-refractivity contribution < 1.29 is 19.7 Å². The zero-order valence-electron chi connectivity index (χ0n) is 34.5. The summed E-state index contributed by atoms with van der Waals surface area (Å²) in [5.41, 5.74) is 1.94. The molecule has 2 aromatic carbocycles. The van der Waals surface area contributed by atoms with E-state index in [9.17, 15) is 10.2 Å². The van der Waals surface area contributed by atoms with Gasteiger partial charge in [0.2, 0.25) is 0 Å². The van der Waals surface area contributed by atoms with E-state index in [1.807, 2.05) is 36.7 Å². The lowest BCUT2D eigenvalue weighted by molar-refractivity contribution is 0.289. The third-order valence-electron chi connectivity index (χ3n) is 10.8. The first kappa shape index (κ1) is 45.1. The smallest absolute Gasteiger partial charge is 0.163 e. The molecule has 0 radical (unpaired) electrons. The number of fused-ring (bicyclic) bond motifs is 2. The Morgan fingerprint density at radius 1 is 0.389 bits per heavy atom. The topological polar surface area (TPSA) is 90.5 Å². The van der Waals surface area contributed by atoms with Gasteiger partial charge in [-0.25, -0.2) is 0 Å². The molecular formula is C48H78N2O4. The first-order valence-corrected chi connectivity index (χ1v) is 22.5. The monoisotopic (exact) mass is 747 g/mol. The third-order valence-corrected chi connectivity index (χ3v) is 10.8. The van der Waals surface area contributed by atoms with E-state index in [0.717, 1.165) is 34.6 Å². The molecule has 0 fully saturated rings. The number of aromatic amines is 2. The van der Waals surface area contributed by atoms with Crippen LogP contribution in [0.2, 0.25) is 0 Å². The summed E-state index contributed by atoms with van der Waals surface area (Å²) in [5.74, 6) is 1.62. The van der Waals surface area contributed by atoms with E-state index in [4.69, 9.17) is 9.47 Å². The number of nitrogens with one attached hydrogen (secondary N) is 2. The second-order valence-corrected chi connectivity index (χ2v) is 15.7. The number of benzene rings is 2. The van der Waals surface area contributed by atoms with Crippen LogP contribution >= 0.6 is 0 Å². The van der Waals surface area contributed by atoms with Crippen LogP contribution in [0.3, 0.4) is 0 Å². The average molecular weight is 747 g/mol. The number of aromatic nitrogens is 2. The van der Waals surface area contributed by atoms with Crippen LogP contribution in [0.5, 0.6) is 23.0 Å². The van der Waals surface area contributed by atoms with E-state index in [0.29, 0.717) is 24.7 Å². The molecule has 4 rings (SSSR count). The van der Waals surface area contributed by atoms with Gasteiger partial charge in [-0.05, 0) is 37.1 Å². The molecule has 0 saturated heterocycles. The molecule has 0 aliphatic heterocycles. The Balaban J connectivity index is 0.000000290. The Bertz CT molecular complexity index is 1350. The molecule has 0 aliphatic rings. The molecular weight excluding hydrogens is 669 g/mol. The molecule has 304 valence electrons. The lowest BCUT2D eigenvalue weighted by Gasteiger charge is -2.08. The number of aromatic hydroxyl groups is 2. The maximum atomic E-state index is 10.0. The van der Waals surface area contributed by atoms with Gasteiger partial charge in [0.05, 0.1) is 13.2 Å². The number of ether oxygens (including phenoxy) is 2. The van der Waals surface area contributed by atoms with Gasteiger partial charge in [-0.1, -0.05) is 181 Å². The van der Waals surface area contributed by atoms with Gasteiger partial charge >= 0.3 is 0 Å². The quantitative estimate of drug-likeness (QED) is 0.0375. The van der Waals surface area contributed by atoms with Gasteiger partial charge in [-0.2, -0.15) is 0 Å². The first-order chi connectivity index (χ1) is 26.6. The highest BCUT2D eigenvalue weighted by molar-refractivity contribution is 5.83. The van der Waals surface area contributed by atoms with E-state index in [1.54, 1.807) is 12.1 Å². The SMILES string of the molecule is CCCCCCCCCCCCCCCCOc1cc2[nH]ccc2cc1O.CCCCCCCCCCCCCCCCOc1cc2cc[nH]c2cc1O. The Labute approximate surface area is 329 Å². The molecule has 0 aliphatic carbocycles. The summed E-state index contributed by atoms with van der Waals surface area (Å²) >= 11 is 0. The molecule has 6 nitrogen and oxygen atoms in total. The van der Waals surface area contributed by atoms with E-state index in [2.05, 4.69) is 23.8 Å². The average Bonchev–Trinajstić information content (AvgIpc) is 3.83. The Morgan fingerprint density at radius 2 is 0.704 bits per heavy atom. The predicted octanol–water partition coefficient (Wildman–Crippen LogP) is 15.5. The molecule has 0 atom stereocenters. The number of unbranched alkanes of at least 4 members (excludes halogenated alkanes) is 26. The molecule has 4 N–H and O–H groups in total. The van der Waals surface area contributed by atoms with Crippen LogP contribution in [0.25, 0.3) is 21.8 Å². The number of hydrogen-bond donors (Lipinski definition) is 4. The fourth-order valence-electron chi connectivity index (χ4n) is 7.33.